The zero-order valence-corrected chi connectivity index (χ0v) is 8.67. The minimum Gasteiger partial charge on any atom is -0.381 e. The van der Waals surface area contributed by atoms with Gasteiger partial charge in [0.05, 0.1) is 0 Å². The van der Waals surface area contributed by atoms with Gasteiger partial charge in [0, 0.05) is 26.3 Å². The highest BCUT2D eigenvalue weighted by Gasteiger charge is 2.24. The van der Waals surface area contributed by atoms with E-state index in [0.29, 0.717) is 0 Å². The zero-order chi connectivity index (χ0) is 9.10. The molecular formula is C11H21NO. The topological polar surface area (TPSA) is 12.5 Å². The predicted octanol–water partition coefficient (Wildman–Crippen LogP) is 1.75. The van der Waals surface area contributed by atoms with Crippen LogP contribution in [0.5, 0.6) is 0 Å². The van der Waals surface area contributed by atoms with Crippen molar-refractivity contribution in [3.63, 3.8) is 0 Å². The molecule has 1 saturated heterocycles. The van der Waals surface area contributed by atoms with E-state index in [1.807, 2.05) is 0 Å². The van der Waals surface area contributed by atoms with Crippen molar-refractivity contribution in [2.75, 3.05) is 33.4 Å². The van der Waals surface area contributed by atoms with Crippen LogP contribution in [0.1, 0.15) is 25.7 Å². The Morgan fingerprint density at radius 3 is 2.08 bits per heavy atom. The molecule has 1 aliphatic heterocycles. The molecule has 2 rings (SSSR count). The molecule has 0 unspecified atom stereocenters. The third kappa shape index (κ3) is 3.28. The second-order valence-corrected chi connectivity index (χ2v) is 4.72. The Balaban J connectivity index is 1.62. The van der Waals surface area contributed by atoms with Gasteiger partial charge in [-0.05, 0) is 44.6 Å². The average molecular weight is 183 g/mol. The summed E-state index contributed by atoms with van der Waals surface area (Å²) in [4.78, 5) is 2.52. The van der Waals surface area contributed by atoms with Crippen molar-refractivity contribution in [1.82, 2.24) is 4.90 Å². The van der Waals surface area contributed by atoms with Gasteiger partial charge < -0.3 is 9.64 Å². The van der Waals surface area contributed by atoms with E-state index < -0.39 is 0 Å². The van der Waals surface area contributed by atoms with E-state index >= 15 is 0 Å². The van der Waals surface area contributed by atoms with Crippen LogP contribution in [0.25, 0.3) is 0 Å². The summed E-state index contributed by atoms with van der Waals surface area (Å²) in [5.41, 5.74) is 0. The summed E-state index contributed by atoms with van der Waals surface area (Å²) in [5.74, 6) is 1.93. The summed E-state index contributed by atoms with van der Waals surface area (Å²) in [6.07, 6.45) is 5.49. The van der Waals surface area contributed by atoms with Gasteiger partial charge >= 0.3 is 0 Å². The van der Waals surface area contributed by atoms with Crippen molar-refractivity contribution in [3.8, 4) is 0 Å². The smallest absolute Gasteiger partial charge is 0.0469 e. The highest BCUT2D eigenvalue weighted by atomic mass is 16.5. The molecule has 1 aliphatic carbocycles. The molecule has 0 spiro atoms. The van der Waals surface area contributed by atoms with Crippen molar-refractivity contribution in [2.24, 2.45) is 11.8 Å². The summed E-state index contributed by atoms with van der Waals surface area (Å²) in [6.45, 7) is 4.60. The number of hydrogen-bond donors (Lipinski definition) is 0. The first-order valence-electron chi connectivity index (χ1n) is 5.61. The molecule has 0 aromatic carbocycles. The molecule has 0 radical (unpaired) electrons. The minimum atomic E-state index is 0.900. The fourth-order valence-electron chi connectivity index (χ4n) is 2.19. The van der Waals surface area contributed by atoms with Crippen LogP contribution in [-0.4, -0.2) is 38.3 Å². The fraction of sp³-hybridized carbons (Fsp3) is 1.00. The van der Waals surface area contributed by atoms with Gasteiger partial charge in [0.25, 0.3) is 0 Å². The van der Waals surface area contributed by atoms with Gasteiger partial charge in [-0.2, -0.15) is 0 Å². The molecule has 2 aliphatic rings. The maximum Gasteiger partial charge on any atom is 0.0469 e. The Bertz CT molecular complexity index is 150. The van der Waals surface area contributed by atoms with Crippen LogP contribution in [0.4, 0.5) is 0 Å². The molecule has 0 aromatic heterocycles. The maximum absolute atomic E-state index is 5.36. The van der Waals surface area contributed by atoms with Crippen molar-refractivity contribution in [2.45, 2.75) is 25.7 Å². The summed E-state index contributed by atoms with van der Waals surface area (Å²) in [7, 11) is 2.27. The van der Waals surface area contributed by atoms with Crippen LogP contribution in [0, 0.1) is 11.8 Å². The minimum absolute atomic E-state index is 0.900. The van der Waals surface area contributed by atoms with Crippen molar-refractivity contribution in [1.29, 1.82) is 0 Å². The van der Waals surface area contributed by atoms with Gasteiger partial charge in [-0.15, -0.1) is 0 Å². The first-order chi connectivity index (χ1) is 6.34. The zero-order valence-electron chi connectivity index (χ0n) is 8.67. The van der Waals surface area contributed by atoms with Gasteiger partial charge in [0.2, 0.25) is 0 Å². The Morgan fingerprint density at radius 2 is 1.54 bits per heavy atom. The van der Waals surface area contributed by atoms with Crippen LogP contribution in [-0.2, 0) is 4.74 Å². The van der Waals surface area contributed by atoms with Gasteiger partial charge in [0.1, 0.15) is 0 Å². The van der Waals surface area contributed by atoms with Crippen LogP contribution < -0.4 is 0 Å². The molecule has 0 N–H and O–H groups in total. The Kier molecular flexibility index (Phi) is 3.23. The Hall–Kier alpha value is -0.0800. The monoisotopic (exact) mass is 183 g/mol. The molecule has 76 valence electrons. The quantitative estimate of drug-likeness (QED) is 0.658. The van der Waals surface area contributed by atoms with Crippen molar-refractivity contribution < 1.29 is 4.74 Å². The lowest BCUT2D eigenvalue weighted by atomic mass is 10.00. The molecule has 2 heteroatoms. The first-order valence-corrected chi connectivity index (χ1v) is 5.61. The summed E-state index contributed by atoms with van der Waals surface area (Å²) < 4.78 is 5.36. The number of ether oxygens (including phenoxy) is 1. The van der Waals surface area contributed by atoms with Crippen molar-refractivity contribution >= 4 is 0 Å². The first kappa shape index (κ1) is 9.47. The lowest BCUT2D eigenvalue weighted by Crippen LogP contribution is -2.30. The molecule has 2 fully saturated rings. The summed E-state index contributed by atoms with van der Waals surface area (Å²) >= 11 is 0. The van der Waals surface area contributed by atoms with E-state index in [1.54, 1.807) is 0 Å². The SMILES string of the molecule is CN(CC1CCOCC1)CC1CC1. The Labute approximate surface area is 81.3 Å². The maximum atomic E-state index is 5.36. The fourth-order valence-corrected chi connectivity index (χ4v) is 2.19. The molecular weight excluding hydrogens is 162 g/mol. The van der Waals surface area contributed by atoms with E-state index in [2.05, 4.69) is 11.9 Å². The third-order valence-corrected chi connectivity index (χ3v) is 3.18. The van der Waals surface area contributed by atoms with Crippen LogP contribution in [0.3, 0.4) is 0 Å². The molecule has 1 saturated carbocycles. The van der Waals surface area contributed by atoms with E-state index in [0.717, 1.165) is 25.0 Å². The molecule has 0 atom stereocenters. The van der Waals surface area contributed by atoms with Gasteiger partial charge in [-0.1, -0.05) is 0 Å². The third-order valence-electron chi connectivity index (χ3n) is 3.18. The number of nitrogens with zero attached hydrogens (tertiary/aromatic N) is 1. The number of rotatable bonds is 4. The molecule has 0 bridgehead atoms. The lowest BCUT2D eigenvalue weighted by Gasteiger charge is -2.27. The van der Waals surface area contributed by atoms with Crippen molar-refractivity contribution in [3.05, 3.63) is 0 Å². The standard InChI is InChI=1S/C11H21NO/c1-12(8-10-2-3-10)9-11-4-6-13-7-5-11/h10-11H,2-9H2,1H3. The number of hydrogen-bond acceptors (Lipinski definition) is 2. The molecule has 13 heavy (non-hydrogen) atoms. The molecule has 0 amide bonds. The van der Waals surface area contributed by atoms with Gasteiger partial charge in [0.15, 0.2) is 0 Å². The van der Waals surface area contributed by atoms with E-state index in [1.165, 1.54) is 38.8 Å². The summed E-state index contributed by atoms with van der Waals surface area (Å²) in [6, 6.07) is 0. The van der Waals surface area contributed by atoms with E-state index in [-0.39, 0.29) is 0 Å². The predicted molar refractivity (Wildman–Crippen MR) is 53.8 cm³/mol. The molecule has 1 heterocycles. The lowest BCUT2D eigenvalue weighted by molar-refractivity contribution is 0.0553. The van der Waals surface area contributed by atoms with E-state index in [9.17, 15) is 0 Å². The van der Waals surface area contributed by atoms with Crippen LogP contribution in [0.2, 0.25) is 0 Å². The van der Waals surface area contributed by atoms with Gasteiger partial charge in [-0.3, -0.25) is 0 Å². The van der Waals surface area contributed by atoms with E-state index in [4.69, 9.17) is 4.74 Å². The highest BCUT2D eigenvalue weighted by Crippen LogP contribution is 2.29. The van der Waals surface area contributed by atoms with Crippen LogP contribution >= 0.6 is 0 Å². The summed E-state index contributed by atoms with van der Waals surface area (Å²) in [5, 5.41) is 0. The normalized spacial score (nSPS) is 25.4. The second-order valence-electron chi connectivity index (χ2n) is 4.72. The second kappa shape index (κ2) is 4.43. The Morgan fingerprint density at radius 1 is 1.00 bits per heavy atom. The highest BCUT2D eigenvalue weighted by molar-refractivity contribution is 4.77. The van der Waals surface area contributed by atoms with Crippen LogP contribution in [0.15, 0.2) is 0 Å². The molecule has 2 nitrogen and oxygen atoms in total. The average Bonchev–Trinajstić information content (AvgIpc) is 2.90. The molecule has 0 aromatic rings. The van der Waals surface area contributed by atoms with Gasteiger partial charge in [-0.25, -0.2) is 0 Å². The largest absolute Gasteiger partial charge is 0.381 e.